The van der Waals surface area contributed by atoms with E-state index in [9.17, 15) is 19.5 Å². The lowest BCUT2D eigenvalue weighted by molar-refractivity contribution is -0.125. The second kappa shape index (κ2) is 16.8. The number of hydrogen-bond acceptors (Lipinski definition) is 9. The van der Waals surface area contributed by atoms with Gasteiger partial charge in [-0.25, -0.2) is 4.39 Å². The van der Waals surface area contributed by atoms with E-state index in [1.54, 1.807) is 13.0 Å². The van der Waals surface area contributed by atoms with Gasteiger partial charge < -0.3 is 35.2 Å². The summed E-state index contributed by atoms with van der Waals surface area (Å²) >= 11 is 0. The molecule has 12 nitrogen and oxygen atoms in total. The number of nitrogens with one attached hydrogen (secondary N) is 3. The largest absolute Gasteiger partial charge is 0.379 e. The average Bonchev–Trinajstić information content (AvgIpc) is 3.56. The molecule has 2 aromatic rings. The molecule has 1 aromatic carbocycles. The van der Waals surface area contributed by atoms with Crippen LogP contribution in [0.5, 0.6) is 0 Å². The maximum Gasteiger partial charge on any atom is 0.257 e. The number of carbonyl (C=O) groups is 3. The minimum Gasteiger partial charge on any atom is -0.379 e. The van der Waals surface area contributed by atoms with Gasteiger partial charge in [0.05, 0.1) is 30.4 Å². The SMILES string of the molecule is CCC(=O)N[C@@H](C(O)N1CCN(C)CC1)[C@@H](C)c1ccc(NC(=O)[C@H](CCC[C@@H](C)CC)NC(=O)c2conc2C2(C)COC2)c(F)c1. The first kappa shape index (κ1) is 37.4. The first-order valence-corrected chi connectivity index (χ1v) is 17.2. The number of piperazine rings is 1. The minimum atomic E-state index is -0.961. The number of aromatic nitrogens is 1. The van der Waals surface area contributed by atoms with Gasteiger partial charge >= 0.3 is 0 Å². The maximum atomic E-state index is 15.6. The van der Waals surface area contributed by atoms with Gasteiger partial charge in [0.2, 0.25) is 11.8 Å². The van der Waals surface area contributed by atoms with E-state index < -0.39 is 47.3 Å². The Labute approximate surface area is 283 Å². The Hall–Kier alpha value is -3.39. The number of amides is 3. The van der Waals surface area contributed by atoms with Crippen LogP contribution in [0, 0.1) is 11.7 Å². The molecule has 2 aliphatic rings. The van der Waals surface area contributed by atoms with Crippen LogP contribution < -0.4 is 16.0 Å². The molecule has 0 aliphatic carbocycles. The Morgan fingerprint density at radius 2 is 1.79 bits per heavy atom. The Morgan fingerprint density at radius 3 is 2.40 bits per heavy atom. The number of anilines is 1. The summed E-state index contributed by atoms with van der Waals surface area (Å²) in [5, 5.41) is 23.8. The van der Waals surface area contributed by atoms with Crippen LogP contribution in [0.3, 0.4) is 0 Å². The molecule has 266 valence electrons. The zero-order chi connectivity index (χ0) is 35.0. The molecule has 3 heterocycles. The Balaban J connectivity index is 1.49. The Kier molecular flexibility index (Phi) is 13.1. The lowest BCUT2D eigenvalue weighted by atomic mass is 9.83. The molecule has 5 atom stereocenters. The third kappa shape index (κ3) is 9.19. The molecule has 2 fully saturated rings. The summed E-state index contributed by atoms with van der Waals surface area (Å²) in [6, 6.07) is 2.88. The van der Waals surface area contributed by atoms with Crippen molar-refractivity contribution in [3.63, 3.8) is 0 Å². The van der Waals surface area contributed by atoms with Crippen molar-refractivity contribution in [3.8, 4) is 0 Å². The number of carbonyl (C=O) groups excluding carboxylic acids is 3. The van der Waals surface area contributed by atoms with Gasteiger partial charge in [-0.1, -0.05) is 58.2 Å². The van der Waals surface area contributed by atoms with Crippen LogP contribution in [-0.2, 0) is 19.7 Å². The molecular formula is C35H53FN6O6. The van der Waals surface area contributed by atoms with Gasteiger partial charge in [0.1, 0.15) is 35.6 Å². The number of nitrogens with zero attached hydrogens (tertiary/aromatic N) is 3. The number of aliphatic hydroxyl groups excluding tert-OH is 1. The van der Waals surface area contributed by atoms with E-state index in [2.05, 4.69) is 39.9 Å². The number of halogens is 1. The zero-order valence-corrected chi connectivity index (χ0v) is 29.2. The Bertz CT molecular complexity index is 1390. The third-order valence-electron chi connectivity index (χ3n) is 9.93. The fourth-order valence-electron chi connectivity index (χ4n) is 6.16. The van der Waals surface area contributed by atoms with Gasteiger partial charge in [-0.2, -0.15) is 0 Å². The standard InChI is InChI=1S/C35H53FN6O6/c1-7-22(3)10-9-11-28(38-32(44)25-19-48-40-31(25)35(5)20-47-21-35)33(45)37-27-13-12-24(18-26(27)36)23(4)30(39-29(43)8-2)34(46)42-16-14-41(6)15-17-42/h12-13,18-19,22-23,28,30,34,46H,7-11,14-17,20-21H2,1-6H3,(H,37,45)(H,38,44)(H,39,43)/t22-,23-,28-,30+,34?/m0/s1. The molecule has 13 heteroatoms. The van der Waals surface area contributed by atoms with E-state index in [0.29, 0.717) is 56.3 Å². The van der Waals surface area contributed by atoms with Crippen LogP contribution in [0.1, 0.15) is 94.3 Å². The second-order valence-electron chi connectivity index (χ2n) is 13.8. The van der Waals surface area contributed by atoms with Crippen molar-refractivity contribution in [3.05, 3.63) is 47.1 Å². The summed E-state index contributed by atoms with van der Waals surface area (Å²) in [6.07, 6.45) is 3.49. The van der Waals surface area contributed by atoms with E-state index in [1.165, 1.54) is 18.4 Å². The predicted molar refractivity (Wildman–Crippen MR) is 180 cm³/mol. The molecule has 4 rings (SSSR count). The quantitative estimate of drug-likeness (QED) is 0.210. The lowest BCUT2D eigenvalue weighted by Crippen LogP contribution is -2.58. The van der Waals surface area contributed by atoms with Crippen LogP contribution in [0.25, 0.3) is 0 Å². The number of likely N-dealkylation sites (N-methyl/N-ethyl adjacent to an activating group) is 1. The average molecular weight is 673 g/mol. The van der Waals surface area contributed by atoms with Crippen LogP contribution >= 0.6 is 0 Å². The molecule has 0 bridgehead atoms. The van der Waals surface area contributed by atoms with Crippen LogP contribution in [0.15, 0.2) is 29.0 Å². The Morgan fingerprint density at radius 1 is 1.08 bits per heavy atom. The predicted octanol–water partition coefficient (Wildman–Crippen LogP) is 3.62. The summed E-state index contributed by atoms with van der Waals surface area (Å²) in [7, 11) is 2.02. The highest BCUT2D eigenvalue weighted by Crippen LogP contribution is 2.33. The fraction of sp³-hybridized carbons (Fsp3) is 0.657. The molecular weight excluding hydrogens is 619 g/mol. The maximum absolute atomic E-state index is 15.6. The van der Waals surface area contributed by atoms with Gasteiger partial charge in [0, 0.05) is 38.5 Å². The van der Waals surface area contributed by atoms with Gasteiger partial charge in [-0.3, -0.25) is 19.3 Å². The van der Waals surface area contributed by atoms with Gasteiger partial charge in [0.15, 0.2) is 0 Å². The molecule has 2 aliphatic heterocycles. The van der Waals surface area contributed by atoms with Crippen molar-refractivity contribution < 1.29 is 33.1 Å². The fourth-order valence-corrected chi connectivity index (χ4v) is 6.16. The molecule has 0 radical (unpaired) electrons. The number of hydrogen-bond donors (Lipinski definition) is 4. The minimum absolute atomic E-state index is 0.0318. The monoisotopic (exact) mass is 672 g/mol. The molecule has 3 amide bonds. The number of benzene rings is 1. The molecule has 1 unspecified atom stereocenters. The summed E-state index contributed by atoms with van der Waals surface area (Å²) in [4.78, 5) is 43.6. The van der Waals surface area contributed by atoms with Crippen molar-refractivity contribution in [1.29, 1.82) is 0 Å². The van der Waals surface area contributed by atoms with E-state index in [4.69, 9.17) is 9.26 Å². The van der Waals surface area contributed by atoms with E-state index >= 15 is 4.39 Å². The normalized spacial score (nSPS) is 19.8. The summed E-state index contributed by atoms with van der Waals surface area (Å²) in [5.41, 5.74) is 0.803. The van der Waals surface area contributed by atoms with E-state index in [-0.39, 0.29) is 23.6 Å². The number of ether oxygens (including phenoxy) is 1. The highest BCUT2D eigenvalue weighted by Gasteiger charge is 2.42. The first-order valence-electron chi connectivity index (χ1n) is 17.2. The van der Waals surface area contributed by atoms with Crippen molar-refractivity contribution >= 4 is 23.4 Å². The van der Waals surface area contributed by atoms with Crippen LogP contribution in [-0.4, -0.2) is 103 Å². The molecule has 4 N–H and O–H groups in total. The summed E-state index contributed by atoms with van der Waals surface area (Å²) in [5.74, 6) is -1.89. The van der Waals surface area contributed by atoms with E-state index in [1.807, 2.05) is 25.8 Å². The molecule has 48 heavy (non-hydrogen) atoms. The van der Waals surface area contributed by atoms with Crippen molar-refractivity contribution in [2.45, 2.75) is 96.4 Å². The molecule has 1 aromatic heterocycles. The molecule has 2 saturated heterocycles. The van der Waals surface area contributed by atoms with Crippen molar-refractivity contribution in [2.75, 3.05) is 51.8 Å². The van der Waals surface area contributed by atoms with E-state index in [0.717, 1.165) is 25.9 Å². The number of rotatable bonds is 16. The van der Waals surface area contributed by atoms with Crippen molar-refractivity contribution in [1.82, 2.24) is 25.6 Å². The van der Waals surface area contributed by atoms with Crippen LogP contribution in [0.2, 0.25) is 0 Å². The molecule has 0 saturated carbocycles. The highest BCUT2D eigenvalue weighted by atomic mass is 19.1. The highest BCUT2D eigenvalue weighted by molar-refractivity contribution is 6.01. The second-order valence-corrected chi connectivity index (χ2v) is 13.8. The van der Waals surface area contributed by atoms with Gasteiger partial charge in [-0.05, 0) is 44.0 Å². The van der Waals surface area contributed by atoms with Gasteiger partial charge in [-0.15, -0.1) is 0 Å². The van der Waals surface area contributed by atoms with Crippen molar-refractivity contribution in [2.24, 2.45) is 5.92 Å². The molecule has 0 spiro atoms. The summed E-state index contributed by atoms with van der Waals surface area (Å²) in [6.45, 7) is 13.4. The zero-order valence-electron chi connectivity index (χ0n) is 29.2. The number of aliphatic hydroxyl groups is 1. The summed E-state index contributed by atoms with van der Waals surface area (Å²) < 4.78 is 26.1. The third-order valence-corrected chi connectivity index (χ3v) is 9.93. The topological polar surface area (TPSA) is 149 Å². The first-order chi connectivity index (χ1) is 22.9. The van der Waals surface area contributed by atoms with Gasteiger partial charge in [0.25, 0.3) is 5.91 Å². The van der Waals surface area contributed by atoms with Crippen LogP contribution in [0.4, 0.5) is 10.1 Å². The lowest BCUT2D eigenvalue weighted by Gasteiger charge is -2.40. The smallest absolute Gasteiger partial charge is 0.257 e.